The molecule has 4 rings (SSSR count). The molecule has 8 nitrogen and oxygen atoms in total. The number of nitrogens with one attached hydrogen (secondary N) is 2. The predicted octanol–water partition coefficient (Wildman–Crippen LogP) is 2.52. The van der Waals surface area contributed by atoms with Crippen LogP contribution in [0.3, 0.4) is 0 Å². The second-order valence-electron chi connectivity index (χ2n) is 7.23. The summed E-state index contributed by atoms with van der Waals surface area (Å²) in [6.07, 6.45) is 0. The molecule has 0 saturated carbocycles. The first-order valence-corrected chi connectivity index (χ1v) is 11.6. The standard InChI is InChI=1S/C21H19ClN4O4S/c1-13-6-2-5-9-18(13)26-19(15-11-31(29,30)12-17(15)25-26)24-21(28)20(27)23-10-14-7-3-4-8-16(14)22/h2-9H,10-12H2,1H3,(H,23,27)(H,24,28). The second kappa shape index (κ2) is 8.16. The van der Waals surface area contributed by atoms with Gasteiger partial charge in [-0.25, -0.2) is 13.1 Å². The molecule has 0 saturated heterocycles. The number of halogens is 1. The van der Waals surface area contributed by atoms with Crippen LogP contribution in [-0.2, 0) is 37.5 Å². The van der Waals surface area contributed by atoms with Crippen LogP contribution in [-0.4, -0.2) is 30.0 Å². The number of anilines is 1. The summed E-state index contributed by atoms with van der Waals surface area (Å²) in [6, 6.07) is 14.3. The predicted molar refractivity (Wildman–Crippen MR) is 117 cm³/mol. The molecule has 0 fully saturated rings. The molecule has 160 valence electrons. The Bertz CT molecular complexity index is 1300. The number of hydrogen-bond acceptors (Lipinski definition) is 5. The van der Waals surface area contributed by atoms with Crippen LogP contribution in [0.4, 0.5) is 5.82 Å². The van der Waals surface area contributed by atoms with Crippen LogP contribution in [0.1, 0.15) is 22.4 Å². The second-order valence-corrected chi connectivity index (χ2v) is 9.70. The van der Waals surface area contributed by atoms with E-state index in [1.54, 1.807) is 30.3 Å². The van der Waals surface area contributed by atoms with Crippen LogP contribution in [0, 0.1) is 6.92 Å². The Kier molecular flexibility index (Phi) is 5.55. The van der Waals surface area contributed by atoms with E-state index in [0.29, 0.717) is 27.5 Å². The molecule has 3 aromatic rings. The minimum atomic E-state index is -3.34. The highest BCUT2D eigenvalue weighted by Gasteiger charge is 2.34. The van der Waals surface area contributed by atoms with Crippen molar-refractivity contribution in [2.24, 2.45) is 0 Å². The fraction of sp³-hybridized carbons (Fsp3) is 0.190. The molecular weight excluding hydrogens is 440 g/mol. The van der Waals surface area contributed by atoms with Crippen molar-refractivity contribution in [1.82, 2.24) is 15.1 Å². The lowest BCUT2D eigenvalue weighted by molar-refractivity contribution is -0.136. The molecule has 0 radical (unpaired) electrons. The zero-order valence-electron chi connectivity index (χ0n) is 16.6. The fourth-order valence-corrected chi connectivity index (χ4v) is 5.10. The quantitative estimate of drug-likeness (QED) is 0.584. The number of aryl methyl sites for hydroxylation is 1. The summed E-state index contributed by atoms with van der Waals surface area (Å²) >= 11 is 6.08. The number of aromatic nitrogens is 2. The average molecular weight is 459 g/mol. The summed E-state index contributed by atoms with van der Waals surface area (Å²) in [7, 11) is -3.34. The molecular formula is C21H19ClN4O4S. The lowest BCUT2D eigenvalue weighted by atomic mass is 10.2. The molecule has 0 atom stereocenters. The van der Waals surface area contributed by atoms with Gasteiger partial charge in [0, 0.05) is 17.1 Å². The summed E-state index contributed by atoms with van der Waals surface area (Å²) in [5.74, 6) is -2.06. The Hall–Kier alpha value is -3.17. The van der Waals surface area contributed by atoms with Gasteiger partial charge in [-0.3, -0.25) is 9.59 Å². The van der Waals surface area contributed by atoms with Crippen molar-refractivity contribution in [3.8, 4) is 5.69 Å². The Morgan fingerprint density at radius 1 is 1.06 bits per heavy atom. The fourth-order valence-electron chi connectivity index (χ4n) is 3.41. The number of hydrogen-bond donors (Lipinski definition) is 2. The van der Waals surface area contributed by atoms with Gasteiger partial charge in [0.2, 0.25) is 0 Å². The van der Waals surface area contributed by atoms with Gasteiger partial charge in [-0.2, -0.15) is 5.10 Å². The maximum absolute atomic E-state index is 12.6. The van der Waals surface area contributed by atoms with Crippen molar-refractivity contribution >= 4 is 39.1 Å². The number of para-hydroxylation sites is 1. The maximum Gasteiger partial charge on any atom is 0.314 e. The third kappa shape index (κ3) is 4.33. The van der Waals surface area contributed by atoms with Gasteiger partial charge in [-0.15, -0.1) is 0 Å². The minimum absolute atomic E-state index is 0.0788. The molecule has 1 aliphatic heterocycles. The summed E-state index contributed by atoms with van der Waals surface area (Å²) in [5.41, 5.74) is 3.00. The van der Waals surface area contributed by atoms with E-state index >= 15 is 0 Å². The Morgan fingerprint density at radius 3 is 2.52 bits per heavy atom. The third-order valence-electron chi connectivity index (χ3n) is 4.97. The van der Waals surface area contributed by atoms with Crippen molar-refractivity contribution < 1.29 is 18.0 Å². The molecule has 0 bridgehead atoms. The van der Waals surface area contributed by atoms with Crippen molar-refractivity contribution in [1.29, 1.82) is 0 Å². The molecule has 10 heteroatoms. The SMILES string of the molecule is Cc1ccccc1-n1nc2c(c1NC(=O)C(=O)NCc1ccccc1Cl)CS(=O)(=O)C2. The van der Waals surface area contributed by atoms with E-state index in [0.717, 1.165) is 5.56 Å². The Labute approximate surface area is 184 Å². The zero-order chi connectivity index (χ0) is 22.2. The first-order chi connectivity index (χ1) is 14.7. The highest BCUT2D eigenvalue weighted by molar-refractivity contribution is 7.90. The van der Waals surface area contributed by atoms with E-state index in [1.807, 2.05) is 25.1 Å². The number of rotatable bonds is 4. The van der Waals surface area contributed by atoms with Gasteiger partial charge in [0.25, 0.3) is 0 Å². The molecule has 2 amide bonds. The number of amides is 2. The maximum atomic E-state index is 12.6. The van der Waals surface area contributed by atoms with Crippen LogP contribution >= 0.6 is 11.6 Å². The van der Waals surface area contributed by atoms with E-state index in [4.69, 9.17) is 11.6 Å². The van der Waals surface area contributed by atoms with Gasteiger partial charge in [0.15, 0.2) is 9.84 Å². The number of carbonyl (C=O) groups excluding carboxylic acids is 2. The van der Waals surface area contributed by atoms with Gasteiger partial charge >= 0.3 is 11.8 Å². The largest absolute Gasteiger partial charge is 0.344 e. The van der Waals surface area contributed by atoms with Gasteiger partial charge in [0.1, 0.15) is 5.82 Å². The van der Waals surface area contributed by atoms with Gasteiger partial charge in [-0.1, -0.05) is 48.0 Å². The van der Waals surface area contributed by atoms with Crippen molar-refractivity contribution in [2.75, 3.05) is 5.32 Å². The van der Waals surface area contributed by atoms with Gasteiger partial charge < -0.3 is 10.6 Å². The highest BCUT2D eigenvalue weighted by Crippen LogP contribution is 2.33. The van der Waals surface area contributed by atoms with E-state index in [-0.39, 0.29) is 23.9 Å². The van der Waals surface area contributed by atoms with Gasteiger partial charge in [-0.05, 0) is 30.2 Å². The van der Waals surface area contributed by atoms with Crippen molar-refractivity contribution in [3.63, 3.8) is 0 Å². The molecule has 1 aromatic heterocycles. The molecule has 2 N–H and O–H groups in total. The first kappa shape index (κ1) is 21.1. The number of nitrogens with zero attached hydrogens (tertiary/aromatic N) is 2. The molecule has 31 heavy (non-hydrogen) atoms. The molecule has 1 aliphatic rings. The summed E-state index contributed by atoms with van der Waals surface area (Å²) < 4.78 is 25.6. The molecule has 2 heterocycles. The number of sulfone groups is 1. The van der Waals surface area contributed by atoms with Crippen LogP contribution in [0.15, 0.2) is 48.5 Å². The Morgan fingerprint density at radius 2 is 1.77 bits per heavy atom. The Balaban J connectivity index is 1.60. The lowest BCUT2D eigenvalue weighted by Crippen LogP contribution is -2.35. The van der Waals surface area contributed by atoms with Crippen LogP contribution in [0.5, 0.6) is 0 Å². The highest BCUT2D eigenvalue weighted by atomic mass is 35.5. The molecule has 0 aliphatic carbocycles. The molecule has 2 aromatic carbocycles. The molecule has 0 spiro atoms. The third-order valence-corrected chi connectivity index (χ3v) is 6.78. The number of fused-ring (bicyclic) bond motifs is 1. The minimum Gasteiger partial charge on any atom is -0.344 e. The van der Waals surface area contributed by atoms with E-state index in [2.05, 4.69) is 15.7 Å². The topological polar surface area (TPSA) is 110 Å². The van der Waals surface area contributed by atoms with Crippen molar-refractivity contribution in [2.45, 2.75) is 25.0 Å². The van der Waals surface area contributed by atoms with E-state index < -0.39 is 21.7 Å². The number of benzene rings is 2. The summed E-state index contributed by atoms with van der Waals surface area (Å²) in [5, 5.41) is 9.96. The van der Waals surface area contributed by atoms with Crippen molar-refractivity contribution in [3.05, 3.63) is 75.9 Å². The summed E-state index contributed by atoms with van der Waals surface area (Å²) in [6.45, 7) is 1.95. The van der Waals surface area contributed by atoms with Gasteiger partial charge in [0.05, 0.1) is 22.9 Å². The van der Waals surface area contributed by atoms with Crippen LogP contribution in [0.25, 0.3) is 5.69 Å². The monoisotopic (exact) mass is 458 g/mol. The van der Waals surface area contributed by atoms with E-state index in [1.165, 1.54) is 4.68 Å². The van der Waals surface area contributed by atoms with E-state index in [9.17, 15) is 18.0 Å². The number of carbonyl (C=O) groups is 2. The smallest absolute Gasteiger partial charge is 0.314 e. The average Bonchev–Trinajstić information content (AvgIpc) is 3.19. The van der Waals surface area contributed by atoms with Crippen LogP contribution < -0.4 is 10.6 Å². The lowest BCUT2D eigenvalue weighted by Gasteiger charge is -2.13. The first-order valence-electron chi connectivity index (χ1n) is 9.45. The zero-order valence-corrected chi connectivity index (χ0v) is 18.1. The van der Waals surface area contributed by atoms with Crippen LogP contribution in [0.2, 0.25) is 5.02 Å². The molecule has 0 unspecified atom stereocenters. The summed E-state index contributed by atoms with van der Waals surface area (Å²) in [4.78, 5) is 25.0. The normalized spacial score (nSPS) is 14.1.